The van der Waals surface area contributed by atoms with Gasteiger partial charge in [0, 0.05) is 33.9 Å². The number of aryl methyl sites for hydroxylation is 1. The van der Waals surface area contributed by atoms with Gasteiger partial charge in [-0.3, -0.25) is 9.36 Å². The maximum absolute atomic E-state index is 11.8. The number of carbonyl (C=O) groups excluding carboxylic acids is 1. The van der Waals surface area contributed by atoms with Gasteiger partial charge in [0.15, 0.2) is 11.8 Å². The third-order valence-corrected chi connectivity index (χ3v) is 7.56. The molecule has 0 bridgehead atoms. The van der Waals surface area contributed by atoms with Crippen molar-refractivity contribution in [3.05, 3.63) is 57.6 Å². The van der Waals surface area contributed by atoms with E-state index in [4.69, 9.17) is 22.3 Å². The van der Waals surface area contributed by atoms with Crippen LogP contribution in [-0.2, 0) is 24.2 Å². The molecular formula is C23H20ClN3O4S. The number of nitrogens with zero attached hydrogens (tertiary/aromatic N) is 2. The highest BCUT2D eigenvalue weighted by Crippen LogP contribution is 2.46. The van der Waals surface area contributed by atoms with Crippen LogP contribution in [-0.4, -0.2) is 30.8 Å². The Kier molecular flexibility index (Phi) is 4.98. The van der Waals surface area contributed by atoms with E-state index >= 15 is 0 Å². The van der Waals surface area contributed by atoms with Gasteiger partial charge in [0.25, 0.3) is 0 Å². The molecule has 0 unspecified atom stereocenters. The van der Waals surface area contributed by atoms with Gasteiger partial charge in [-0.2, -0.15) is 0 Å². The SMILES string of the molecule is NC(=O)[C@H]1CCc2c(sc3nc(Cn4c(O)ccc4O)c(Cl)c(-c4ccc(O)cc4)c23)C1. The molecule has 9 heteroatoms. The fraction of sp³-hybridized carbons (Fsp3) is 0.217. The Morgan fingerprint density at radius 2 is 1.84 bits per heavy atom. The van der Waals surface area contributed by atoms with Crippen LogP contribution in [0.5, 0.6) is 17.5 Å². The normalized spacial score (nSPS) is 15.7. The number of phenols is 1. The number of aromatic hydroxyl groups is 3. The third kappa shape index (κ3) is 3.36. The van der Waals surface area contributed by atoms with Crippen LogP contribution < -0.4 is 5.73 Å². The zero-order chi connectivity index (χ0) is 22.6. The standard InChI is InChI=1S/C23H20ClN3O4S/c24-21-15(10-27-17(29)7-8-18(27)30)26-23-20(19(21)11-1-4-13(28)5-2-11)14-6-3-12(22(25)31)9-16(14)32-23/h1-2,4-5,7-8,12,28-30H,3,6,9-10H2,(H2,25,31)/t12-/m0/s1. The molecular weight excluding hydrogens is 450 g/mol. The van der Waals surface area contributed by atoms with Gasteiger partial charge in [-0.15, -0.1) is 11.3 Å². The molecule has 0 radical (unpaired) electrons. The van der Waals surface area contributed by atoms with Gasteiger partial charge < -0.3 is 21.1 Å². The molecule has 1 aliphatic rings. The van der Waals surface area contributed by atoms with Crippen LogP contribution in [0.3, 0.4) is 0 Å². The van der Waals surface area contributed by atoms with Crippen molar-refractivity contribution in [2.75, 3.05) is 0 Å². The van der Waals surface area contributed by atoms with E-state index in [1.807, 2.05) is 0 Å². The first-order valence-corrected chi connectivity index (χ1v) is 11.3. The Morgan fingerprint density at radius 1 is 1.16 bits per heavy atom. The molecule has 4 aromatic rings. The summed E-state index contributed by atoms with van der Waals surface area (Å²) < 4.78 is 1.32. The fourth-order valence-electron chi connectivity index (χ4n) is 4.34. The molecule has 3 heterocycles. The average Bonchev–Trinajstić information content (AvgIpc) is 3.28. The summed E-state index contributed by atoms with van der Waals surface area (Å²) in [5.41, 5.74) is 8.78. The first-order chi connectivity index (χ1) is 15.3. The fourth-order valence-corrected chi connectivity index (χ4v) is 5.97. The summed E-state index contributed by atoms with van der Waals surface area (Å²) >= 11 is 8.41. The van der Waals surface area contributed by atoms with Crippen LogP contribution in [0.4, 0.5) is 0 Å². The van der Waals surface area contributed by atoms with E-state index in [-0.39, 0.29) is 35.9 Å². The molecule has 1 aliphatic carbocycles. The van der Waals surface area contributed by atoms with Crippen molar-refractivity contribution in [3.63, 3.8) is 0 Å². The van der Waals surface area contributed by atoms with Gasteiger partial charge in [-0.05, 0) is 42.5 Å². The van der Waals surface area contributed by atoms with E-state index in [1.165, 1.54) is 28.0 Å². The predicted molar refractivity (Wildman–Crippen MR) is 123 cm³/mol. The number of hydrogen-bond donors (Lipinski definition) is 4. The summed E-state index contributed by atoms with van der Waals surface area (Å²) in [5.74, 6) is -0.537. The number of carbonyl (C=O) groups is 1. The number of primary amides is 1. The summed E-state index contributed by atoms with van der Waals surface area (Å²) in [7, 11) is 0. The van der Waals surface area contributed by atoms with Crippen LogP contribution in [0.25, 0.3) is 21.3 Å². The highest BCUT2D eigenvalue weighted by atomic mass is 35.5. The molecule has 0 fully saturated rings. The molecule has 5 N–H and O–H groups in total. The monoisotopic (exact) mass is 469 g/mol. The van der Waals surface area contributed by atoms with Crippen molar-refractivity contribution in [1.82, 2.24) is 9.55 Å². The van der Waals surface area contributed by atoms with Crippen LogP contribution in [0, 0.1) is 5.92 Å². The predicted octanol–water partition coefficient (Wildman–Crippen LogP) is 4.17. The molecule has 5 rings (SSSR count). The van der Waals surface area contributed by atoms with Gasteiger partial charge in [0.2, 0.25) is 5.91 Å². The second-order valence-electron chi connectivity index (χ2n) is 7.96. The number of nitrogens with two attached hydrogens (primary N) is 1. The third-order valence-electron chi connectivity index (χ3n) is 6.01. The smallest absolute Gasteiger partial charge is 0.220 e. The topological polar surface area (TPSA) is 122 Å². The minimum absolute atomic E-state index is 0.0804. The van der Waals surface area contributed by atoms with Gasteiger partial charge in [-0.1, -0.05) is 23.7 Å². The highest BCUT2D eigenvalue weighted by Gasteiger charge is 2.29. The van der Waals surface area contributed by atoms with E-state index in [0.717, 1.165) is 31.8 Å². The Hall–Kier alpha value is -3.23. The van der Waals surface area contributed by atoms with Crippen LogP contribution in [0.15, 0.2) is 36.4 Å². The molecule has 0 saturated heterocycles. The van der Waals surface area contributed by atoms with E-state index < -0.39 is 0 Å². The molecule has 7 nitrogen and oxygen atoms in total. The van der Waals surface area contributed by atoms with E-state index in [9.17, 15) is 20.1 Å². The second kappa shape index (κ2) is 7.72. The minimum atomic E-state index is -0.294. The lowest BCUT2D eigenvalue weighted by Crippen LogP contribution is -2.27. The van der Waals surface area contributed by atoms with Gasteiger partial charge >= 0.3 is 0 Å². The number of phenolic OH excluding ortho intramolecular Hbond substituents is 1. The van der Waals surface area contributed by atoms with Crippen molar-refractivity contribution >= 4 is 39.1 Å². The quantitative estimate of drug-likeness (QED) is 0.357. The largest absolute Gasteiger partial charge is 0.508 e. The van der Waals surface area contributed by atoms with Crippen molar-refractivity contribution in [1.29, 1.82) is 0 Å². The first-order valence-electron chi connectivity index (χ1n) is 10.1. The number of amides is 1. The van der Waals surface area contributed by atoms with Gasteiger partial charge in [0.05, 0.1) is 17.3 Å². The molecule has 32 heavy (non-hydrogen) atoms. The van der Waals surface area contributed by atoms with Crippen LogP contribution in [0.2, 0.25) is 5.02 Å². The number of hydrogen-bond acceptors (Lipinski definition) is 6. The van der Waals surface area contributed by atoms with Crippen LogP contribution >= 0.6 is 22.9 Å². The van der Waals surface area contributed by atoms with E-state index in [0.29, 0.717) is 30.0 Å². The number of thiophene rings is 1. The number of halogens is 1. The summed E-state index contributed by atoms with van der Waals surface area (Å²) in [5, 5.41) is 31.3. The lowest BCUT2D eigenvalue weighted by Gasteiger charge is -2.20. The Morgan fingerprint density at radius 3 is 2.50 bits per heavy atom. The lowest BCUT2D eigenvalue weighted by atomic mass is 9.86. The van der Waals surface area contributed by atoms with Gasteiger partial charge in [0.1, 0.15) is 10.6 Å². The van der Waals surface area contributed by atoms with Crippen molar-refractivity contribution in [3.8, 4) is 28.6 Å². The molecule has 1 amide bonds. The number of fused-ring (bicyclic) bond motifs is 3. The van der Waals surface area contributed by atoms with Crippen molar-refractivity contribution < 1.29 is 20.1 Å². The Bertz CT molecular complexity index is 1340. The van der Waals surface area contributed by atoms with Crippen molar-refractivity contribution in [2.45, 2.75) is 25.8 Å². The zero-order valence-electron chi connectivity index (χ0n) is 16.9. The molecule has 0 spiro atoms. The van der Waals surface area contributed by atoms with E-state index in [1.54, 1.807) is 24.3 Å². The summed E-state index contributed by atoms with van der Waals surface area (Å²) in [4.78, 5) is 18.4. The maximum atomic E-state index is 11.8. The molecule has 1 atom stereocenters. The number of aromatic nitrogens is 2. The Balaban J connectivity index is 1.74. The number of rotatable bonds is 4. The zero-order valence-corrected chi connectivity index (χ0v) is 18.5. The molecule has 0 saturated carbocycles. The minimum Gasteiger partial charge on any atom is -0.508 e. The highest BCUT2D eigenvalue weighted by molar-refractivity contribution is 7.19. The van der Waals surface area contributed by atoms with Crippen LogP contribution in [0.1, 0.15) is 22.6 Å². The molecule has 3 aromatic heterocycles. The summed E-state index contributed by atoms with van der Waals surface area (Å²) in [6.45, 7) is 0.0804. The summed E-state index contributed by atoms with van der Waals surface area (Å²) in [6, 6.07) is 9.59. The average molecular weight is 470 g/mol. The summed E-state index contributed by atoms with van der Waals surface area (Å²) in [6.07, 6.45) is 1.95. The lowest BCUT2D eigenvalue weighted by molar-refractivity contribution is -0.122. The second-order valence-corrected chi connectivity index (χ2v) is 9.42. The van der Waals surface area contributed by atoms with Gasteiger partial charge in [-0.25, -0.2) is 4.98 Å². The number of pyridine rings is 1. The van der Waals surface area contributed by atoms with Crippen molar-refractivity contribution in [2.24, 2.45) is 11.7 Å². The molecule has 0 aliphatic heterocycles. The maximum Gasteiger partial charge on any atom is 0.220 e. The van der Waals surface area contributed by atoms with E-state index in [2.05, 4.69) is 0 Å². The molecule has 164 valence electrons. The first kappa shape index (κ1) is 20.7. The Labute approximate surface area is 192 Å². The molecule has 1 aromatic carbocycles. The number of benzene rings is 1.